The first-order valence-electron chi connectivity index (χ1n) is 3.38. The predicted octanol–water partition coefficient (Wildman–Crippen LogP) is -1.20. The Morgan fingerprint density at radius 1 is 1.62 bits per heavy atom. The van der Waals surface area contributed by atoms with Crippen LogP contribution in [0, 0.1) is 4.91 Å². The number of carbonyl (C=O) groups excluding carboxylic acids is 1. The molecule has 0 aromatic rings. The van der Waals surface area contributed by atoms with Crippen LogP contribution in [0.4, 0.5) is 0 Å². The minimum Gasteiger partial charge on any atom is -0.506 e. The van der Waals surface area contributed by atoms with Gasteiger partial charge in [-0.25, -0.2) is 4.79 Å². The Morgan fingerprint density at radius 2 is 2.23 bits per heavy atom. The highest BCUT2D eigenvalue weighted by molar-refractivity contribution is 5.91. The smallest absolute Gasteiger partial charge is 0.365 e. The quantitative estimate of drug-likeness (QED) is 0.379. The number of ether oxygens (including phenoxy) is 1. The Kier molecular flexibility index (Phi) is 2.59. The normalized spacial score (nSPS) is 24.5. The molecule has 72 valence electrons. The van der Waals surface area contributed by atoms with Gasteiger partial charge in [-0.05, 0) is 5.18 Å². The molecule has 0 bridgehead atoms. The second-order valence-electron chi connectivity index (χ2n) is 2.40. The molecule has 7 nitrogen and oxygen atoms in total. The third-order valence-electron chi connectivity index (χ3n) is 1.57. The number of hydrogen-bond donors (Lipinski definition) is 3. The molecule has 3 N–H and O–H groups in total. The topological polar surface area (TPSA) is 116 Å². The van der Waals surface area contributed by atoms with Gasteiger partial charge in [0.2, 0.25) is 5.70 Å². The van der Waals surface area contributed by atoms with Crippen molar-refractivity contribution in [2.45, 2.75) is 12.2 Å². The first-order valence-corrected chi connectivity index (χ1v) is 3.38. The highest BCUT2D eigenvalue weighted by atomic mass is 16.6. The van der Waals surface area contributed by atoms with Crippen LogP contribution in [0.5, 0.6) is 0 Å². The molecular weight excluding hydrogens is 182 g/mol. The van der Waals surface area contributed by atoms with E-state index in [2.05, 4.69) is 9.91 Å². The average molecular weight is 189 g/mol. The van der Waals surface area contributed by atoms with E-state index in [0.717, 1.165) is 0 Å². The van der Waals surface area contributed by atoms with Crippen molar-refractivity contribution in [1.29, 1.82) is 0 Å². The number of carbonyl (C=O) groups is 1. The molecule has 0 amide bonds. The van der Waals surface area contributed by atoms with Crippen molar-refractivity contribution >= 4 is 5.97 Å². The van der Waals surface area contributed by atoms with E-state index in [1.807, 2.05) is 0 Å². The summed E-state index contributed by atoms with van der Waals surface area (Å²) in [7, 11) is 0. The highest BCUT2D eigenvalue weighted by Crippen LogP contribution is 2.23. The monoisotopic (exact) mass is 189 g/mol. The van der Waals surface area contributed by atoms with Crippen LogP contribution < -0.4 is 0 Å². The summed E-state index contributed by atoms with van der Waals surface area (Å²) in [5.74, 6) is -1.86. The molecule has 2 atom stereocenters. The van der Waals surface area contributed by atoms with Gasteiger partial charge in [0.05, 0.1) is 6.61 Å². The van der Waals surface area contributed by atoms with E-state index < -0.39 is 36.2 Å². The SMILES string of the molecule is O=NC1=C(O)C(C(O)CO)OC1=O. The molecule has 13 heavy (non-hydrogen) atoms. The molecule has 0 saturated carbocycles. The van der Waals surface area contributed by atoms with E-state index in [-0.39, 0.29) is 0 Å². The van der Waals surface area contributed by atoms with Crippen molar-refractivity contribution in [1.82, 2.24) is 0 Å². The van der Waals surface area contributed by atoms with Gasteiger partial charge in [-0.2, -0.15) is 0 Å². The maximum Gasteiger partial charge on any atom is 0.365 e. The maximum absolute atomic E-state index is 10.7. The zero-order chi connectivity index (χ0) is 10.0. The second kappa shape index (κ2) is 3.50. The van der Waals surface area contributed by atoms with Gasteiger partial charge in [-0.1, -0.05) is 0 Å². The summed E-state index contributed by atoms with van der Waals surface area (Å²) < 4.78 is 4.36. The Hall–Kier alpha value is -1.47. The number of hydrogen-bond acceptors (Lipinski definition) is 7. The van der Waals surface area contributed by atoms with Crippen LogP contribution >= 0.6 is 0 Å². The van der Waals surface area contributed by atoms with Gasteiger partial charge >= 0.3 is 5.97 Å². The summed E-state index contributed by atoms with van der Waals surface area (Å²) >= 11 is 0. The van der Waals surface area contributed by atoms with Crippen LogP contribution in [0.25, 0.3) is 0 Å². The van der Waals surface area contributed by atoms with E-state index >= 15 is 0 Å². The summed E-state index contributed by atoms with van der Waals surface area (Å²) in [6, 6.07) is 0. The maximum atomic E-state index is 10.7. The minimum atomic E-state index is -1.46. The minimum absolute atomic E-state index is 0.700. The van der Waals surface area contributed by atoms with Crippen molar-refractivity contribution in [3.05, 3.63) is 16.4 Å². The van der Waals surface area contributed by atoms with Crippen molar-refractivity contribution in [3.8, 4) is 0 Å². The van der Waals surface area contributed by atoms with Gasteiger partial charge in [0.25, 0.3) is 0 Å². The summed E-state index contributed by atoms with van der Waals surface area (Å²) in [5, 5.41) is 28.8. The molecule has 1 aliphatic rings. The molecular formula is C6H7NO6. The molecule has 1 heterocycles. The van der Waals surface area contributed by atoms with Crippen LogP contribution in [0.15, 0.2) is 16.6 Å². The van der Waals surface area contributed by atoms with E-state index in [0.29, 0.717) is 0 Å². The number of aliphatic hydroxyl groups excluding tert-OH is 3. The predicted molar refractivity (Wildman–Crippen MR) is 38.4 cm³/mol. The fourth-order valence-corrected chi connectivity index (χ4v) is 0.907. The summed E-state index contributed by atoms with van der Waals surface area (Å²) in [4.78, 5) is 20.7. The van der Waals surface area contributed by atoms with Crippen molar-refractivity contribution in [3.63, 3.8) is 0 Å². The largest absolute Gasteiger partial charge is 0.506 e. The standard InChI is InChI=1S/C6H7NO6/c8-1-2(9)5-4(10)3(7-12)6(11)13-5/h2,5,8-10H,1H2. The Labute approximate surface area is 72.2 Å². The van der Waals surface area contributed by atoms with E-state index in [1.165, 1.54) is 0 Å². The summed E-state index contributed by atoms with van der Waals surface area (Å²) in [6.45, 7) is -0.700. The molecule has 2 unspecified atom stereocenters. The number of rotatable bonds is 3. The lowest BCUT2D eigenvalue weighted by molar-refractivity contribution is -0.145. The van der Waals surface area contributed by atoms with Gasteiger partial charge < -0.3 is 20.1 Å². The first kappa shape index (κ1) is 9.62. The van der Waals surface area contributed by atoms with Gasteiger partial charge in [0, 0.05) is 0 Å². The van der Waals surface area contributed by atoms with E-state index in [4.69, 9.17) is 15.3 Å². The van der Waals surface area contributed by atoms with Gasteiger partial charge in [0.1, 0.15) is 6.10 Å². The molecule has 0 aromatic carbocycles. The molecule has 0 spiro atoms. The molecule has 0 radical (unpaired) electrons. The van der Waals surface area contributed by atoms with Crippen molar-refractivity contribution in [2.24, 2.45) is 5.18 Å². The van der Waals surface area contributed by atoms with Crippen LogP contribution in [-0.4, -0.2) is 40.1 Å². The fraction of sp³-hybridized carbons (Fsp3) is 0.500. The van der Waals surface area contributed by atoms with Crippen molar-refractivity contribution in [2.75, 3.05) is 6.61 Å². The summed E-state index contributed by atoms with van der Waals surface area (Å²) in [5.41, 5.74) is -0.766. The summed E-state index contributed by atoms with van der Waals surface area (Å²) in [6.07, 6.45) is -2.85. The first-order chi connectivity index (χ1) is 6.11. The molecule has 7 heteroatoms. The Balaban J connectivity index is 2.90. The Bertz CT molecular complexity index is 272. The zero-order valence-corrected chi connectivity index (χ0v) is 6.38. The van der Waals surface area contributed by atoms with E-state index in [9.17, 15) is 9.70 Å². The number of aliphatic hydroxyl groups is 3. The van der Waals surface area contributed by atoms with E-state index in [1.54, 1.807) is 0 Å². The van der Waals surface area contributed by atoms with Crippen molar-refractivity contribution < 1.29 is 24.9 Å². The van der Waals surface area contributed by atoms with Crippen LogP contribution in [0.1, 0.15) is 0 Å². The lowest BCUT2D eigenvalue weighted by atomic mass is 10.2. The average Bonchev–Trinajstić information content (AvgIpc) is 2.40. The highest BCUT2D eigenvalue weighted by Gasteiger charge is 2.39. The third-order valence-corrected chi connectivity index (χ3v) is 1.57. The van der Waals surface area contributed by atoms with Crippen LogP contribution in [0.3, 0.4) is 0 Å². The molecule has 1 aliphatic heterocycles. The van der Waals surface area contributed by atoms with Crippen LogP contribution in [-0.2, 0) is 9.53 Å². The number of nitroso groups, excluding NO2 is 1. The molecule has 0 aromatic heterocycles. The van der Waals surface area contributed by atoms with Crippen LogP contribution in [0.2, 0.25) is 0 Å². The molecule has 1 rings (SSSR count). The Morgan fingerprint density at radius 3 is 2.62 bits per heavy atom. The number of nitrogens with zero attached hydrogens (tertiary/aromatic N) is 1. The van der Waals surface area contributed by atoms with Gasteiger partial charge in [0.15, 0.2) is 11.9 Å². The molecule has 0 fully saturated rings. The lowest BCUT2D eigenvalue weighted by Gasteiger charge is -2.14. The molecule has 0 aliphatic carbocycles. The number of cyclic esters (lactones) is 1. The third kappa shape index (κ3) is 1.51. The number of esters is 1. The second-order valence-corrected chi connectivity index (χ2v) is 2.40. The molecule has 0 saturated heterocycles. The van der Waals surface area contributed by atoms with Gasteiger partial charge in [-0.15, -0.1) is 4.91 Å². The van der Waals surface area contributed by atoms with Gasteiger partial charge in [-0.3, -0.25) is 0 Å². The lowest BCUT2D eigenvalue weighted by Crippen LogP contribution is -2.31. The fourth-order valence-electron chi connectivity index (χ4n) is 0.907. The zero-order valence-electron chi connectivity index (χ0n) is 6.38.